The van der Waals surface area contributed by atoms with Crippen LogP contribution in [0, 0.1) is 27.2 Å². The summed E-state index contributed by atoms with van der Waals surface area (Å²) in [5, 5.41) is 24.0. The van der Waals surface area contributed by atoms with Gasteiger partial charge in [0.25, 0.3) is 17.3 Å². The van der Waals surface area contributed by atoms with Gasteiger partial charge in [0, 0.05) is 18.3 Å². The monoisotopic (exact) mass is 302 g/mol. The lowest BCUT2D eigenvalue weighted by Gasteiger charge is -2.05. The molecule has 9 heteroatoms. The second kappa shape index (κ2) is 5.95. The first kappa shape index (κ1) is 15.0. The van der Waals surface area contributed by atoms with Gasteiger partial charge in [0.2, 0.25) is 0 Å². The molecule has 0 unspecified atom stereocenters. The van der Waals surface area contributed by atoms with E-state index in [1.54, 1.807) is 12.1 Å². The van der Waals surface area contributed by atoms with Gasteiger partial charge in [0.15, 0.2) is 0 Å². The van der Waals surface area contributed by atoms with E-state index in [-0.39, 0.29) is 11.4 Å². The Morgan fingerprint density at radius 3 is 2.14 bits per heavy atom. The molecular formula is C13H10N4O5. The van der Waals surface area contributed by atoms with Crippen molar-refractivity contribution in [2.75, 3.05) is 5.32 Å². The summed E-state index contributed by atoms with van der Waals surface area (Å²) >= 11 is 0. The molecule has 1 amide bonds. The zero-order valence-corrected chi connectivity index (χ0v) is 11.3. The number of carbonyl (C=O) groups excluding carboxylic acids is 1. The third-order valence-electron chi connectivity index (χ3n) is 2.74. The highest BCUT2D eigenvalue weighted by molar-refractivity contribution is 6.04. The smallest absolute Gasteiger partial charge is 0.277 e. The van der Waals surface area contributed by atoms with Gasteiger partial charge in [-0.2, -0.15) is 0 Å². The van der Waals surface area contributed by atoms with Gasteiger partial charge in [-0.1, -0.05) is 6.07 Å². The number of amides is 1. The Kier molecular flexibility index (Phi) is 4.07. The van der Waals surface area contributed by atoms with Gasteiger partial charge in [-0.05, 0) is 18.6 Å². The van der Waals surface area contributed by atoms with Crippen LogP contribution < -0.4 is 5.32 Å². The van der Waals surface area contributed by atoms with Gasteiger partial charge in [-0.15, -0.1) is 0 Å². The number of hydrogen-bond acceptors (Lipinski definition) is 6. The van der Waals surface area contributed by atoms with E-state index in [4.69, 9.17) is 0 Å². The van der Waals surface area contributed by atoms with E-state index in [2.05, 4.69) is 10.3 Å². The second-order valence-electron chi connectivity index (χ2n) is 4.43. The average Bonchev–Trinajstić information content (AvgIpc) is 2.49. The van der Waals surface area contributed by atoms with Crippen molar-refractivity contribution in [3.05, 3.63) is 67.9 Å². The van der Waals surface area contributed by atoms with E-state index in [1.165, 1.54) is 6.20 Å². The molecule has 1 aromatic carbocycles. The van der Waals surface area contributed by atoms with E-state index < -0.39 is 27.1 Å². The van der Waals surface area contributed by atoms with E-state index >= 15 is 0 Å². The van der Waals surface area contributed by atoms with E-state index in [1.807, 2.05) is 6.92 Å². The summed E-state index contributed by atoms with van der Waals surface area (Å²) in [6.07, 6.45) is 1.53. The molecule has 2 aromatic rings. The highest BCUT2D eigenvalue weighted by Crippen LogP contribution is 2.23. The summed E-state index contributed by atoms with van der Waals surface area (Å²) in [7, 11) is 0. The summed E-state index contributed by atoms with van der Waals surface area (Å²) in [6.45, 7) is 1.82. The van der Waals surface area contributed by atoms with Crippen LogP contribution in [0.25, 0.3) is 0 Å². The van der Waals surface area contributed by atoms with E-state index in [9.17, 15) is 25.0 Å². The Labute approximate surface area is 123 Å². The Morgan fingerprint density at radius 2 is 1.68 bits per heavy atom. The third kappa shape index (κ3) is 3.39. The number of nitro benzene ring substituents is 2. The van der Waals surface area contributed by atoms with Crippen LogP contribution in [0.1, 0.15) is 15.9 Å². The number of nitrogens with one attached hydrogen (secondary N) is 1. The third-order valence-corrected chi connectivity index (χ3v) is 2.74. The van der Waals surface area contributed by atoms with Crippen molar-refractivity contribution in [3.63, 3.8) is 0 Å². The van der Waals surface area contributed by atoms with Crippen LogP contribution in [0.3, 0.4) is 0 Å². The molecule has 0 fully saturated rings. The molecule has 0 aliphatic rings. The zero-order valence-electron chi connectivity index (χ0n) is 11.3. The number of aromatic nitrogens is 1. The molecule has 112 valence electrons. The number of benzene rings is 1. The fourth-order valence-corrected chi connectivity index (χ4v) is 1.67. The number of carbonyl (C=O) groups is 1. The molecule has 0 aliphatic carbocycles. The van der Waals surface area contributed by atoms with Crippen LogP contribution in [0.4, 0.5) is 17.2 Å². The topological polar surface area (TPSA) is 128 Å². The highest BCUT2D eigenvalue weighted by atomic mass is 16.6. The number of non-ortho nitro benzene ring substituents is 2. The Morgan fingerprint density at radius 1 is 1.09 bits per heavy atom. The van der Waals surface area contributed by atoms with Crippen molar-refractivity contribution >= 4 is 23.1 Å². The minimum atomic E-state index is -0.798. The molecule has 9 nitrogen and oxygen atoms in total. The van der Waals surface area contributed by atoms with Crippen LogP contribution >= 0.6 is 0 Å². The predicted octanol–water partition coefficient (Wildman–Crippen LogP) is 2.46. The van der Waals surface area contributed by atoms with Gasteiger partial charge < -0.3 is 5.32 Å². The first-order valence-corrected chi connectivity index (χ1v) is 6.04. The summed E-state index contributed by atoms with van der Waals surface area (Å²) in [6, 6.07) is 6.01. The van der Waals surface area contributed by atoms with Crippen LogP contribution in [-0.4, -0.2) is 20.7 Å². The molecule has 0 radical (unpaired) electrons. The molecular weight excluding hydrogens is 292 g/mol. The van der Waals surface area contributed by atoms with Crippen LogP contribution in [-0.2, 0) is 0 Å². The maximum Gasteiger partial charge on any atom is 0.277 e. The SMILES string of the molecule is Cc1ccc(NC(=O)c2cc([N+](=O)[O-])cc([N+](=O)[O-])c2)nc1. The molecule has 0 saturated heterocycles. The number of rotatable bonds is 4. The number of anilines is 1. The Bertz CT molecular complexity index is 725. The summed E-state index contributed by atoms with van der Waals surface area (Å²) in [4.78, 5) is 36.0. The predicted molar refractivity (Wildman–Crippen MR) is 76.7 cm³/mol. The van der Waals surface area contributed by atoms with E-state index in [0.717, 1.165) is 23.8 Å². The zero-order chi connectivity index (χ0) is 16.3. The molecule has 1 aromatic heterocycles. The van der Waals surface area contributed by atoms with Crippen molar-refractivity contribution in [1.82, 2.24) is 4.98 Å². The Hall–Kier alpha value is -3.36. The number of hydrogen-bond donors (Lipinski definition) is 1. The largest absolute Gasteiger partial charge is 0.307 e. The minimum Gasteiger partial charge on any atom is -0.307 e. The second-order valence-corrected chi connectivity index (χ2v) is 4.43. The lowest BCUT2D eigenvalue weighted by atomic mass is 10.1. The van der Waals surface area contributed by atoms with Gasteiger partial charge >= 0.3 is 0 Å². The quantitative estimate of drug-likeness (QED) is 0.682. The van der Waals surface area contributed by atoms with Crippen LogP contribution in [0.2, 0.25) is 0 Å². The van der Waals surface area contributed by atoms with Crippen molar-refractivity contribution in [1.29, 1.82) is 0 Å². The average molecular weight is 302 g/mol. The fraction of sp³-hybridized carbons (Fsp3) is 0.0769. The van der Waals surface area contributed by atoms with Gasteiger partial charge in [-0.25, -0.2) is 4.98 Å². The molecule has 1 N–H and O–H groups in total. The molecule has 22 heavy (non-hydrogen) atoms. The number of aryl methyl sites for hydroxylation is 1. The molecule has 0 spiro atoms. The first-order chi connectivity index (χ1) is 10.4. The molecule has 0 atom stereocenters. The normalized spacial score (nSPS) is 10.0. The lowest BCUT2D eigenvalue weighted by molar-refractivity contribution is -0.394. The van der Waals surface area contributed by atoms with Crippen LogP contribution in [0.15, 0.2) is 36.5 Å². The molecule has 1 heterocycles. The first-order valence-electron chi connectivity index (χ1n) is 6.04. The van der Waals surface area contributed by atoms with Crippen molar-refractivity contribution in [2.45, 2.75) is 6.92 Å². The van der Waals surface area contributed by atoms with Gasteiger partial charge in [0.1, 0.15) is 5.82 Å². The van der Waals surface area contributed by atoms with Gasteiger partial charge in [-0.3, -0.25) is 25.0 Å². The number of nitrogens with zero attached hydrogens (tertiary/aromatic N) is 3. The van der Waals surface area contributed by atoms with Crippen molar-refractivity contribution in [3.8, 4) is 0 Å². The maximum atomic E-state index is 12.1. The van der Waals surface area contributed by atoms with Gasteiger partial charge in [0.05, 0.1) is 21.5 Å². The van der Waals surface area contributed by atoms with Crippen molar-refractivity contribution < 1.29 is 14.6 Å². The maximum absolute atomic E-state index is 12.1. The Balaban J connectivity index is 2.34. The lowest BCUT2D eigenvalue weighted by Crippen LogP contribution is -2.13. The number of pyridine rings is 1. The van der Waals surface area contributed by atoms with Crippen molar-refractivity contribution in [2.24, 2.45) is 0 Å². The summed E-state index contributed by atoms with van der Waals surface area (Å²) in [5.41, 5.74) is -0.361. The van der Waals surface area contributed by atoms with E-state index in [0.29, 0.717) is 0 Å². The molecule has 0 aliphatic heterocycles. The number of nitro groups is 2. The fourth-order valence-electron chi connectivity index (χ4n) is 1.67. The standard InChI is InChI=1S/C13H10N4O5/c1-8-2-3-12(14-7-8)15-13(18)9-4-10(16(19)20)6-11(5-9)17(21)22/h2-7H,1H3,(H,14,15,18). The minimum absolute atomic E-state index is 0.191. The molecule has 0 bridgehead atoms. The molecule has 2 rings (SSSR count). The highest BCUT2D eigenvalue weighted by Gasteiger charge is 2.20. The summed E-state index contributed by atoms with van der Waals surface area (Å²) in [5.74, 6) is -0.479. The van der Waals surface area contributed by atoms with Crippen LogP contribution in [0.5, 0.6) is 0 Å². The summed E-state index contributed by atoms with van der Waals surface area (Å²) < 4.78 is 0. The molecule has 0 saturated carbocycles.